The van der Waals surface area contributed by atoms with Crippen molar-refractivity contribution in [3.8, 4) is 11.4 Å². The van der Waals surface area contributed by atoms with Crippen molar-refractivity contribution in [2.45, 2.75) is 26.6 Å². The van der Waals surface area contributed by atoms with Crippen LogP contribution in [0, 0.1) is 13.8 Å². The number of benzene rings is 2. The van der Waals surface area contributed by atoms with Crippen LogP contribution >= 0.6 is 0 Å². The van der Waals surface area contributed by atoms with E-state index >= 15 is 0 Å². The van der Waals surface area contributed by atoms with E-state index in [1.54, 1.807) is 24.3 Å². The molecule has 0 spiro atoms. The molecule has 2 heterocycles. The van der Waals surface area contributed by atoms with E-state index in [9.17, 15) is 18.0 Å². The highest BCUT2D eigenvalue weighted by Gasteiger charge is 2.33. The number of carbonyl (C=O) groups excluding carboxylic acids is 1. The molecule has 0 saturated heterocycles. The second-order valence-corrected chi connectivity index (χ2v) is 7.27. The highest BCUT2D eigenvalue weighted by Crippen LogP contribution is 2.28. The first kappa shape index (κ1) is 21.4. The number of carbonyl (C=O) groups is 1. The number of halogens is 3. The van der Waals surface area contributed by atoms with Gasteiger partial charge in [-0.25, -0.2) is 9.36 Å². The van der Waals surface area contributed by atoms with Crippen LogP contribution in [0.4, 0.5) is 13.2 Å². The van der Waals surface area contributed by atoms with Gasteiger partial charge >= 0.3 is 6.18 Å². The smallest absolute Gasteiger partial charge is 0.348 e. The third kappa shape index (κ3) is 4.27. The molecule has 4 aromatic rings. The molecule has 6 nitrogen and oxygen atoms in total. The fraction of sp³-hybridized carbons (Fsp3) is 0.174. The molecule has 9 heteroatoms. The van der Waals surface area contributed by atoms with Crippen LogP contribution in [0.25, 0.3) is 11.4 Å². The molecule has 0 saturated carbocycles. The maximum atomic E-state index is 12.7. The zero-order valence-corrected chi connectivity index (χ0v) is 17.4. The largest absolute Gasteiger partial charge is 0.435 e. The molecule has 0 radical (unpaired) electrons. The SMILES string of the molecule is Cc1nn(-c2ccccc2)c(C)c1CNC(=O)c1ccc(-n2ccc(C(F)(F)F)n2)cc1. The van der Waals surface area contributed by atoms with E-state index in [4.69, 9.17) is 0 Å². The molecule has 2 aromatic heterocycles. The Bertz CT molecular complexity index is 1240. The second kappa shape index (κ2) is 8.33. The van der Waals surface area contributed by atoms with E-state index in [0.717, 1.165) is 33.4 Å². The predicted octanol–water partition coefficient (Wildman–Crippen LogP) is 4.62. The monoisotopic (exact) mass is 439 g/mol. The minimum atomic E-state index is -4.50. The Balaban J connectivity index is 1.45. The van der Waals surface area contributed by atoms with Crippen molar-refractivity contribution >= 4 is 5.91 Å². The summed E-state index contributed by atoms with van der Waals surface area (Å²) in [7, 11) is 0. The summed E-state index contributed by atoms with van der Waals surface area (Å²) in [4.78, 5) is 12.6. The molecule has 0 aliphatic rings. The van der Waals surface area contributed by atoms with Gasteiger partial charge in [-0.2, -0.15) is 23.4 Å². The Morgan fingerprint density at radius 1 is 0.938 bits per heavy atom. The molecule has 4 rings (SSSR count). The summed E-state index contributed by atoms with van der Waals surface area (Å²) in [6, 6.07) is 16.8. The van der Waals surface area contributed by atoms with Crippen LogP contribution in [0.1, 0.15) is 33.0 Å². The van der Waals surface area contributed by atoms with Gasteiger partial charge in [-0.3, -0.25) is 4.79 Å². The topological polar surface area (TPSA) is 64.7 Å². The summed E-state index contributed by atoms with van der Waals surface area (Å²) in [5.41, 5.74) is 3.46. The van der Waals surface area contributed by atoms with Crippen molar-refractivity contribution in [1.29, 1.82) is 0 Å². The van der Waals surface area contributed by atoms with Crippen molar-refractivity contribution in [2.75, 3.05) is 0 Å². The second-order valence-electron chi connectivity index (χ2n) is 7.27. The summed E-state index contributed by atoms with van der Waals surface area (Å²) in [5.74, 6) is -0.292. The third-order valence-electron chi connectivity index (χ3n) is 5.14. The average molecular weight is 439 g/mol. The summed E-state index contributed by atoms with van der Waals surface area (Å²) in [6.45, 7) is 4.14. The number of nitrogens with zero attached hydrogens (tertiary/aromatic N) is 4. The molecule has 0 atom stereocenters. The number of hydrogen-bond donors (Lipinski definition) is 1. The van der Waals surface area contributed by atoms with Gasteiger partial charge in [0, 0.05) is 29.6 Å². The van der Waals surface area contributed by atoms with Gasteiger partial charge in [0.2, 0.25) is 0 Å². The molecule has 0 aliphatic heterocycles. The standard InChI is InChI=1S/C23H20F3N5O/c1-15-20(16(2)31(28-15)19-6-4-3-5-7-19)14-27-22(32)17-8-10-18(11-9-17)30-13-12-21(29-30)23(24,25)26/h3-13H,14H2,1-2H3,(H,27,32). The Morgan fingerprint density at radius 3 is 2.25 bits per heavy atom. The molecular formula is C23H20F3N5O. The van der Waals surface area contributed by atoms with Crippen molar-refractivity contribution in [3.63, 3.8) is 0 Å². The van der Waals surface area contributed by atoms with E-state index in [1.807, 2.05) is 48.9 Å². The zero-order chi connectivity index (χ0) is 22.9. The molecule has 1 N–H and O–H groups in total. The molecule has 0 aliphatic carbocycles. The lowest BCUT2D eigenvalue weighted by molar-refractivity contribution is -0.141. The van der Waals surface area contributed by atoms with Crippen LogP contribution in [0.2, 0.25) is 0 Å². The lowest BCUT2D eigenvalue weighted by Crippen LogP contribution is -2.23. The van der Waals surface area contributed by atoms with E-state index in [0.29, 0.717) is 17.8 Å². The van der Waals surface area contributed by atoms with Gasteiger partial charge < -0.3 is 5.32 Å². The highest BCUT2D eigenvalue weighted by atomic mass is 19.4. The van der Waals surface area contributed by atoms with Crippen molar-refractivity contribution in [2.24, 2.45) is 0 Å². The number of aromatic nitrogens is 4. The Morgan fingerprint density at radius 2 is 1.62 bits per heavy atom. The quantitative estimate of drug-likeness (QED) is 0.493. The van der Waals surface area contributed by atoms with Gasteiger partial charge in [-0.1, -0.05) is 18.2 Å². The lowest BCUT2D eigenvalue weighted by Gasteiger charge is -2.08. The van der Waals surface area contributed by atoms with Crippen LogP contribution in [0.15, 0.2) is 66.9 Å². The molecular weight excluding hydrogens is 419 g/mol. The molecule has 0 fully saturated rings. The van der Waals surface area contributed by atoms with Crippen LogP contribution in [-0.4, -0.2) is 25.5 Å². The highest BCUT2D eigenvalue weighted by molar-refractivity contribution is 5.94. The maximum Gasteiger partial charge on any atom is 0.435 e. The van der Waals surface area contributed by atoms with Gasteiger partial charge in [0.1, 0.15) is 0 Å². The molecule has 32 heavy (non-hydrogen) atoms. The molecule has 0 unspecified atom stereocenters. The Hall–Kier alpha value is -3.88. The van der Waals surface area contributed by atoms with Crippen LogP contribution < -0.4 is 5.32 Å². The van der Waals surface area contributed by atoms with Crippen molar-refractivity contribution < 1.29 is 18.0 Å². The fourth-order valence-corrected chi connectivity index (χ4v) is 3.41. The van der Waals surface area contributed by atoms with E-state index in [2.05, 4.69) is 15.5 Å². The number of aryl methyl sites for hydroxylation is 1. The summed E-state index contributed by atoms with van der Waals surface area (Å²) in [5, 5.41) is 11.0. The summed E-state index contributed by atoms with van der Waals surface area (Å²) < 4.78 is 41.2. The summed E-state index contributed by atoms with van der Waals surface area (Å²) >= 11 is 0. The minimum absolute atomic E-state index is 0.292. The normalized spacial score (nSPS) is 11.5. The number of amides is 1. The molecule has 164 valence electrons. The number of para-hydroxylation sites is 1. The number of alkyl halides is 3. The molecule has 2 aromatic carbocycles. The van der Waals surface area contributed by atoms with E-state index in [1.165, 1.54) is 6.20 Å². The minimum Gasteiger partial charge on any atom is -0.348 e. The lowest BCUT2D eigenvalue weighted by atomic mass is 10.1. The number of hydrogen-bond acceptors (Lipinski definition) is 3. The van der Waals surface area contributed by atoms with Crippen LogP contribution in [0.5, 0.6) is 0 Å². The van der Waals surface area contributed by atoms with E-state index in [-0.39, 0.29) is 5.91 Å². The first-order valence-corrected chi connectivity index (χ1v) is 9.86. The van der Waals surface area contributed by atoms with Crippen molar-refractivity contribution in [1.82, 2.24) is 24.9 Å². The number of nitrogens with one attached hydrogen (secondary N) is 1. The Kier molecular flexibility index (Phi) is 5.56. The van der Waals surface area contributed by atoms with Gasteiger partial charge in [0.15, 0.2) is 5.69 Å². The first-order chi connectivity index (χ1) is 15.2. The first-order valence-electron chi connectivity index (χ1n) is 9.86. The van der Waals surface area contributed by atoms with Gasteiger partial charge in [0.25, 0.3) is 5.91 Å². The van der Waals surface area contributed by atoms with Gasteiger partial charge in [-0.05, 0) is 56.3 Å². The van der Waals surface area contributed by atoms with Gasteiger partial charge in [0.05, 0.1) is 17.1 Å². The van der Waals surface area contributed by atoms with E-state index < -0.39 is 11.9 Å². The van der Waals surface area contributed by atoms with Crippen LogP contribution in [0.3, 0.4) is 0 Å². The third-order valence-corrected chi connectivity index (χ3v) is 5.14. The number of rotatable bonds is 5. The fourth-order valence-electron chi connectivity index (χ4n) is 3.41. The van der Waals surface area contributed by atoms with Crippen molar-refractivity contribution in [3.05, 3.63) is 95.1 Å². The molecule has 0 bridgehead atoms. The van der Waals surface area contributed by atoms with Gasteiger partial charge in [-0.15, -0.1) is 0 Å². The molecule has 1 amide bonds. The average Bonchev–Trinajstić information content (AvgIpc) is 3.38. The summed E-state index contributed by atoms with van der Waals surface area (Å²) in [6.07, 6.45) is -3.27. The Labute approximate surface area is 182 Å². The maximum absolute atomic E-state index is 12.7. The predicted molar refractivity (Wildman–Crippen MR) is 113 cm³/mol. The zero-order valence-electron chi connectivity index (χ0n) is 17.4. The van der Waals surface area contributed by atoms with Crippen LogP contribution in [-0.2, 0) is 12.7 Å².